The smallest absolute Gasteiger partial charge is 0.161 e. The maximum atomic E-state index is 11.3. The Hall–Kier alpha value is -0.590. The molecule has 1 nitrogen and oxygen atoms in total. The van der Waals surface area contributed by atoms with Crippen molar-refractivity contribution in [2.24, 2.45) is 5.92 Å². The van der Waals surface area contributed by atoms with Gasteiger partial charge in [0.2, 0.25) is 0 Å². The number of carbonyl (C=O) groups is 1. The first kappa shape index (κ1) is 7.52. The van der Waals surface area contributed by atoms with Crippen LogP contribution in [0.25, 0.3) is 0 Å². The van der Waals surface area contributed by atoms with Gasteiger partial charge in [0.05, 0.1) is 0 Å². The molecule has 0 aromatic carbocycles. The zero-order valence-corrected chi connectivity index (χ0v) is 6.90. The van der Waals surface area contributed by atoms with E-state index in [4.69, 9.17) is 0 Å². The Morgan fingerprint density at radius 1 is 1.60 bits per heavy atom. The van der Waals surface area contributed by atoms with Crippen LogP contribution in [-0.4, -0.2) is 5.78 Å². The molecule has 10 heavy (non-hydrogen) atoms. The van der Waals surface area contributed by atoms with Crippen molar-refractivity contribution in [1.82, 2.24) is 0 Å². The van der Waals surface area contributed by atoms with E-state index >= 15 is 0 Å². The standard InChI is InChI=1S/C9H14O/c1-4-8-6(2)5-7(3)9(8)10/h7H,4-5H2,1-3H3. The van der Waals surface area contributed by atoms with Crippen LogP contribution in [0, 0.1) is 5.92 Å². The van der Waals surface area contributed by atoms with Crippen LogP contribution >= 0.6 is 0 Å². The summed E-state index contributed by atoms with van der Waals surface area (Å²) >= 11 is 0. The van der Waals surface area contributed by atoms with Gasteiger partial charge >= 0.3 is 0 Å². The molecule has 0 saturated carbocycles. The lowest BCUT2D eigenvalue weighted by Crippen LogP contribution is -2.04. The van der Waals surface area contributed by atoms with E-state index in [1.807, 2.05) is 6.92 Å². The molecule has 1 atom stereocenters. The van der Waals surface area contributed by atoms with Gasteiger partial charge in [0.1, 0.15) is 0 Å². The Morgan fingerprint density at radius 3 is 2.40 bits per heavy atom. The van der Waals surface area contributed by atoms with Gasteiger partial charge in [0, 0.05) is 5.92 Å². The molecule has 0 radical (unpaired) electrons. The molecule has 0 bridgehead atoms. The maximum absolute atomic E-state index is 11.3. The third kappa shape index (κ3) is 1.00. The third-order valence-corrected chi connectivity index (χ3v) is 2.23. The Balaban J connectivity index is 2.85. The Labute approximate surface area is 62.1 Å². The first-order chi connectivity index (χ1) is 4.66. The zero-order chi connectivity index (χ0) is 7.72. The summed E-state index contributed by atoms with van der Waals surface area (Å²) in [6.45, 7) is 6.13. The molecule has 0 heterocycles. The summed E-state index contributed by atoms with van der Waals surface area (Å²) in [7, 11) is 0. The van der Waals surface area contributed by atoms with E-state index in [0.717, 1.165) is 18.4 Å². The van der Waals surface area contributed by atoms with Gasteiger partial charge in [-0.3, -0.25) is 4.79 Å². The second-order valence-electron chi connectivity index (χ2n) is 3.08. The molecule has 0 aliphatic heterocycles. The van der Waals surface area contributed by atoms with Crippen molar-refractivity contribution in [3.8, 4) is 0 Å². The molecule has 1 aliphatic rings. The Bertz CT molecular complexity index is 189. The van der Waals surface area contributed by atoms with Crippen molar-refractivity contribution in [3.05, 3.63) is 11.1 Å². The summed E-state index contributed by atoms with van der Waals surface area (Å²) < 4.78 is 0. The number of rotatable bonds is 1. The summed E-state index contributed by atoms with van der Waals surface area (Å²) in [5.74, 6) is 0.634. The number of hydrogen-bond donors (Lipinski definition) is 0. The average molecular weight is 138 g/mol. The molecule has 0 spiro atoms. The lowest BCUT2D eigenvalue weighted by atomic mass is 10.1. The minimum absolute atomic E-state index is 0.259. The van der Waals surface area contributed by atoms with E-state index < -0.39 is 0 Å². The first-order valence-electron chi connectivity index (χ1n) is 3.89. The Kier molecular flexibility index (Phi) is 1.93. The summed E-state index contributed by atoms with van der Waals surface area (Å²) in [5.41, 5.74) is 2.38. The molecule has 1 rings (SSSR count). The third-order valence-electron chi connectivity index (χ3n) is 2.23. The number of allylic oxidation sites excluding steroid dienone is 2. The molecule has 0 fully saturated rings. The fourth-order valence-electron chi connectivity index (χ4n) is 1.66. The second kappa shape index (κ2) is 2.57. The van der Waals surface area contributed by atoms with Crippen molar-refractivity contribution in [2.45, 2.75) is 33.6 Å². The molecular formula is C9H14O. The summed E-state index contributed by atoms with van der Waals surface area (Å²) in [6, 6.07) is 0. The van der Waals surface area contributed by atoms with Gasteiger partial charge in [0.25, 0.3) is 0 Å². The van der Waals surface area contributed by atoms with E-state index in [9.17, 15) is 4.79 Å². The quantitative estimate of drug-likeness (QED) is 0.543. The minimum atomic E-state index is 0.259. The summed E-state index contributed by atoms with van der Waals surface area (Å²) in [4.78, 5) is 11.3. The van der Waals surface area contributed by atoms with Crippen LogP contribution in [0.5, 0.6) is 0 Å². The molecule has 0 aromatic rings. The highest BCUT2D eigenvalue weighted by atomic mass is 16.1. The molecule has 0 saturated heterocycles. The van der Waals surface area contributed by atoms with Crippen LogP contribution in [0.3, 0.4) is 0 Å². The first-order valence-corrected chi connectivity index (χ1v) is 3.89. The molecule has 1 aliphatic carbocycles. The fraction of sp³-hybridized carbons (Fsp3) is 0.667. The van der Waals surface area contributed by atoms with Crippen molar-refractivity contribution in [1.29, 1.82) is 0 Å². The summed E-state index contributed by atoms with van der Waals surface area (Å²) in [5, 5.41) is 0. The van der Waals surface area contributed by atoms with Gasteiger partial charge in [-0.25, -0.2) is 0 Å². The van der Waals surface area contributed by atoms with Gasteiger partial charge in [0.15, 0.2) is 5.78 Å². The van der Waals surface area contributed by atoms with Crippen LogP contribution in [0.15, 0.2) is 11.1 Å². The number of Topliss-reactive ketones (excluding diaryl/α,β-unsaturated/α-hetero) is 1. The predicted octanol–water partition coefficient (Wildman–Crippen LogP) is 2.32. The molecule has 1 unspecified atom stereocenters. The second-order valence-corrected chi connectivity index (χ2v) is 3.08. The van der Waals surface area contributed by atoms with Crippen molar-refractivity contribution in [3.63, 3.8) is 0 Å². The lowest BCUT2D eigenvalue weighted by Gasteiger charge is -1.97. The number of ketones is 1. The van der Waals surface area contributed by atoms with E-state index in [0.29, 0.717) is 5.78 Å². The van der Waals surface area contributed by atoms with Crippen molar-refractivity contribution >= 4 is 5.78 Å². The molecule has 0 amide bonds. The van der Waals surface area contributed by atoms with Crippen LogP contribution in [0.1, 0.15) is 33.6 Å². The summed E-state index contributed by atoms with van der Waals surface area (Å²) in [6.07, 6.45) is 1.90. The molecule has 1 heteroatoms. The number of carbonyl (C=O) groups excluding carboxylic acids is 1. The van der Waals surface area contributed by atoms with Gasteiger partial charge < -0.3 is 0 Å². The van der Waals surface area contributed by atoms with Gasteiger partial charge in [-0.2, -0.15) is 0 Å². The van der Waals surface area contributed by atoms with Crippen LogP contribution in [-0.2, 0) is 4.79 Å². The molecule has 0 N–H and O–H groups in total. The van der Waals surface area contributed by atoms with Crippen LogP contribution in [0.4, 0.5) is 0 Å². The van der Waals surface area contributed by atoms with Gasteiger partial charge in [-0.05, 0) is 25.3 Å². The van der Waals surface area contributed by atoms with E-state index in [-0.39, 0.29) is 5.92 Å². The van der Waals surface area contributed by atoms with E-state index in [1.54, 1.807) is 0 Å². The minimum Gasteiger partial charge on any atom is -0.294 e. The van der Waals surface area contributed by atoms with Crippen LogP contribution in [0.2, 0.25) is 0 Å². The van der Waals surface area contributed by atoms with Gasteiger partial charge in [-0.1, -0.05) is 19.4 Å². The topological polar surface area (TPSA) is 17.1 Å². The maximum Gasteiger partial charge on any atom is 0.161 e. The number of hydrogen-bond acceptors (Lipinski definition) is 1. The monoisotopic (exact) mass is 138 g/mol. The highest BCUT2D eigenvalue weighted by molar-refractivity contribution is 6.00. The fourth-order valence-corrected chi connectivity index (χ4v) is 1.66. The molecular weight excluding hydrogens is 124 g/mol. The normalized spacial score (nSPS) is 26.3. The van der Waals surface area contributed by atoms with Crippen molar-refractivity contribution < 1.29 is 4.79 Å². The van der Waals surface area contributed by atoms with E-state index in [2.05, 4.69) is 13.8 Å². The predicted molar refractivity (Wildman–Crippen MR) is 41.8 cm³/mol. The highest BCUT2D eigenvalue weighted by Crippen LogP contribution is 2.28. The SMILES string of the molecule is CCC1=C(C)CC(C)C1=O. The highest BCUT2D eigenvalue weighted by Gasteiger charge is 2.25. The van der Waals surface area contributed by atoms with Crippen LogP contribution < -0.4 is 0 Å². The average Bonchev–Trinajstić information content (AvgIpc) is 2.09. The molecule has 0 aromatic heterocycles. The Morgan fingerprint density at radius 2 is 2.20 bits per heavy atom. The zero-order valence-electron chi connectivity index (χ0n) is 6.90. The lowest BCUT2D eigenvalue weighted by molar-refractivity contribution is -0.117. The van der Waals surface area contributed by atoms with E-state index in [1.165, 1.54) is 5.57 Å². The molecule has 56 valence electrons. The largest absolute Gasteiger partial charge is 0.294 e. The van der Waals surface area contributed by atoms with Gasteiger partial charge in [-0.15, -0.1) is 0 Å². The van der Waals surface area contributed by atoms with Crippen molar-refractivity contribution in [2.75, 3.05) is 0 Å².